The number of nitrogens with zero attached hydrogens (tertiary/aromatic N) is 1. The molecule has 0 spiro atoms. The summed E-state index contributed by atoms with van der Waals surface area (Å²) in [4.78, 5) is 2.68. The molecule has 1 aliphatic rings. The second kappa shape index (κ2) is 9.08. The van der Waals surface area contributed by atoms with Gasteiger partial charge in [-0.15, -0.1) is 12.4 Å². The predicted molar refractivity (Wildman–Crippen MR) is 105 cm³/mol. The third-order valence-corrected chi connectivity index (χ3v) is 5.26. The fourth-order valence-electron chi connectivity index (χ4n) is 3.63. The Kier molecular flexibility index (Phi) is 8.10. The average molecular weight is 338 g/mol. The molecule has 1 saturated heterocycles. The van der Waals surface area contributed by atoms with Crippen LogP contribution in [-0.2, 0) is 11.8 Å². The van der Waals surface area contributed by atoms with E-state index >= 15 is 0 Å². The minimum Gasteiger partial charge on any atom is -0.303 e. The fourth-order valence-corrected chi connectivity index (χ4v) is 3.63. The van der Waals surface area contributed by atoms with Crippen LogP contribution in [0.15, 0.2) is 24.3 Å². The quantitative estimate of drug-likeness (QED) is 0.665. The zero-order valence-electron chi connectivity index (χ0n) is 15.8. The van der Waals surface area contributed by atoms with Crippen molar-refractivity contribution in [1.29, 1.82) is 0 Å². The average Bonchev–Trinajstić information content (AvgIpc) is 2.47. The third kappa shape index (κ3) is 6.47. The molecule has 1 aliphatic heterocycles. The Balaban J connectivity index is 0.00000264. The largest absolute Gasteiger partial charge is 0.303 e. The predicted octanol–water partition coefficient (Wildman–Crippen LogP) is 5.71. The molecule has 0 amide bonds. The van der Waals surface area contributed by atoms with Gasteiger partial charge in [0, 0.05) is 6.54 Å². The topological polar surface area (TPSA) is 3.24 Å². The van der Waals surface area contributed by atoms with Crippen molar-refractivity contribution in [3.63, 3.8) is 0 Å². The van der Waals surface area contributed by atoms with Crippen molar-refractivity contribution in [3.05, 3.63) is 35.4 Å². The van der Waals surface area contributed by atoms with Crippen LogP contribution in [0, 0.1) is 11.8 Å². The van der Waals surface area contributed by atoms with Gasteiger partial charge in [0.25, 0.3) is 0 Å². The lowest BCUT2D eigenvalue weighted by Crippen LogP contribution is -2.36. The van der Waals surface area contributed by atoms with Crippen molar-refractivity contribution >= 4 is 12.4 Å². The molecule has 1 unspecified atom stereocenters. The monoisotopic (exact) mass is 337 g/mol. The molecule has 1 atom stereocenters. The Morgan fingerprint density at radius 1 is 1.09 bits per heavy atom. The van der Waals surface area contributed by atoms with E-state index in [1.54, 1.807) is 0 Å². The Morgan fingerprint density at radius 3 is 2.13 bits per heavy atom. The Labute approximate surface area is 150 Å². The van der Waals surface area contributed by atoms with E-state index in [2.05, 4.69) is 63.8 Å². The molecule has 0 radical (unpaired) electrons. The van der Waals surface area contributed by atoms with E-state index in [0.29, 0.717) is 0 Å². The summed E-state index contributed by atoms with van der Waals surface area (Å²) in [7, 11) is 0. The van der Waals surface area contributed by atoms with Gasteiger partial charge in [-0.3, -0.25) is 0 Å². The van der Waals surface area contributed by atoms with Crippen molar-refractivity contribution in [2.75, 3.05) is 19.6 Å². The van der Waals surface area contributed by atoms with Crippen LogP contribution in [0.1, 0.15) is 65.0 Å². The number of benzene rings is 1. The molecule has 1 fully saturated rings. The van der Waals surface area contributed by atoms with Gasteiger partial charge in [-0.25, -0.2) is 0 Å². The van der Waals surface area contributed by atoms with E-state index < -0.39 is 0 Å². The minimum atomic E-state index is 0. The lowest BCUT2D eigenvalue weighted by atomic mass is 9.86. The summed E-state index contributed by atoms with van der Waals surface area (Å²) in [5.74, 6) is 1.73. The molecule has 2 rings (SSSR count). The highest BCUT2D eigenvalue weighted by Crippen LogP contribution is 2.24. The van der Waals surface area contributed by atoms with Gasteiger partial charge in [0.05, 0.1) is 0 Å². The van der Waals surface area contributed by atoms with E-state index in [1.165, 1.54) is 56.4 Å². The number of piperidine rings is 1. The van der Waals surface area contributed by atoms with Gasteiger partial charge < -0.3 is 4.90 Å². The van der Waals surface area contributed by atoms with Crippen LogP contribution in [0.3, 0.4) is 0 Å². The zero-order chi connectivity index (χ0) is 16.2. The highest BCUT2D eigenvalue weighted by Gasteiger charge is 2.19. The molecule has 0 aliphatic carbocycles. The smallest absolute Gasteiger partial charge is 0.00102 e. The normalized spacial score (nSPS) is 18.5. The van der Waals surface area contributed by atoms with Crippen LogP contribution >= 0.6 is 12.4 Å². The maximum atomic E-state index is 2.68. The Hall–Kier alpha value is -0.530. The summed E-state index contributed by atoms with van der Waals surface area (Å²) in [6, 6.07) is 9.30. The third-order valence-electron chi connectivity index (χ3n) is 5.26. The van der Waals surface area contributed by atoms with Crippen LogP contribution in [0.4, 0.5) is 0 Å². The summed E-state index contributed by atoms with van der Waals surface area (Å²) in [6.45, 7) is 15.5. The number of rotatable bonds is 5. The summed E-state index contributed by atoms with van der Waals surface area (Å²) in [5.41, 5.74) is 3.18. The van der Waals surface area contributed by atoms with Crippen LogP contribution in [0.2, 0.25) is 0 Å². The van der Waals surface area contributed by atoms with Gasteiger partial charge in [0.1, 0.15) is 0 Å². The lowest BCUT2D eigenvalue weighted by Gasteiger charge is -2.33. The number of likely N-dealkylation sites (tertiary alicyclic amines) is 1. The summed E-state index contributed by atoms with van der Waals surface area (Å²) < 4.78 is 0. The Bertz CT molecular complexity index is 438. The lowest BCUT2D eigenvalue weighted by molar-refractivity contribution is 0.162. The number of hydrogen-bond donors (Lipinski definition) is 0. The maximum absolute atomic E-state index is 2.68. The maximum Gasteiger partial charge on any atom is 0.00102 e. The summed E-state index contributed by atoms with van der Waals surface area (Å²) >= 11 is 0. The van der Waals surface area contributed by atoms with Gasteiger partial charge in [-0.2, -0.15) is 0 Å². The molecule has 0 aromatic heterocycles. The van der Waals surface area contributed by atoms with E-state index in [0.717, 1.165) is 11.8 Å². The highest BCUT2D eigenvalue weighted by molar-refractivity contribution is 5.85. The number of halogens is 1. The van der Waals surface area contributed by atoms with Crippen LogP contribution in [-0.4, -0.2) is 24.5 Å². The first-order valence-corrected chi connectivity index (χ1v) is 9.20. The fraction of sp³-hybridized carbons (Fsp3) is 0.714. The van der Waals surface area contributed by atoms with Gasteiger partial charge in [0.15, 0.2) is 0 Å². The van der Waals surface area contributed by atoms with E-state index in [-0.39, 0.29) is 17.8 Å². The first kappa shape index (κ1) is 20.5. The molecule has 0 N–H and O–H groups in total. The van der Waals surface area contributed by atoms with Crippen LogP contribution in [0.25, 0.3) is 0 Å². The van der Waals surface area contributed by atoms with E-state index in [9.17, 15) is 0 Å². The van der Waals surface area contributed by atoms with Gasteiger partial charge in [-0.05, 0) is 60.7 Å². The molecular weight excluding hydrogens is 302 g/mol. The molecule has 0 bridgehead atoms. The molecule has 132 valence electrons. The van der Waals surface area contributed by atoms with Crippen molar-refractivity contribution < 1.29 is 0 Å². The summed E-state index contributed by atoms with van der Waals surface area (Å²) in [6.07, 6.45) is 5.38. The van der Waals surface area contributed by atoms with Crippen LogP contribution < -0.4 is 0 Å². The second-order valence-electron chi connectivity index (χ2n) is 8.41. The molecule has 1 nitrogen and oxygen atoms in total. The van der Waals surface area contributed by atoms with Gasteiger partial charge >= 0.3 is 0 Å². The van der Waals surface area contributed by atoms with Crippen molar-refractivity contribution in [3.8, 4) is 0 Å². The van der Waals surface area contributed by atoms with Crippen LogP contribution in [0.5, 0.6) is 0 Å². The highest BCUT2D eigenvalue weighted by atomic mass is 35.5. The SMILES string of the molecule is CCC1CCN(CC(C)Cc2ccc(C(C)(C)C)cc2)CC1.Cl. The zero-order valence-corrected chi connectivity index (χ0v) is 16.6. The second-order valence-corrected chi connectivity index (χ2v) is 8.41. The number of hydrogen-bond acceptors (Lipinski definition) is 1. The first-order chi connectivity index (χ1) is 10.4. The van der Waals surface area contributed by atoms with Crippen molar-refractivity contribution in [2.24, 2.45) is 11.8 Å². The molecule has 1 aromatic carbocycles. The Morgan fingerprint density at radius 2 is 1.65 bits per heavy atom. The summed E-state index contributed by atoms with van der Waals surface area (Å²) in [5, 5.41) is 0. The molecule has 23 heavy (non-hydrogen) atoms. The molecule has 1 aromatic rings. The standard InChI is InChI=1S/C21H35N.ClH/c1-6-18-11-13-22(14-12-18)16-17(2)15-19-7-9-20(10-8-19)21(3,4)5;/h7-10,17-18H,6,11-16H2,1-5H3;1H. The van der Waals surface area contributed by atoms with Crippen molar-refractivity contribution in [1.82, 2.24) is 4.90 Å². The molecule has 0 saturated carbocycles. The van der Waals surface area contributed by atoms with E-state index in [4.69, 9.17) is 0 Å². The molecule has 1 heterocycles. The van der Waals surface area contributed by atoms with Crippen molar-refractivity contribution in [2.45, 2.75) is 65.7 Å². The molecule has 2 heteroatoms. The van der Waals surface area contributed by atoms with Gasteiger partial charge in [-0.1, -0.05) is 65.3 Å². The van der Waals surface area contributed by atoms with E-state index in [1.807, 2.05) is 0 Å². The minimum absolute atomic E-state index is 0. The van der Waals surface area contributed by atoms with Gasteiger partial charge in [0.2, 0.25) is 0 Å². The first-order valence-electron chi connectivity index (χ1n) is 9.20. The molecular formula is C21H36ClN.